The van der Waals surface area contributed by atoms with E-state index in [9.17, 15) is 4.79 Å². The van der Waals surface area contributed by atoms with Gasteiger partial charge in [-0.25, -0.2) is 9.86 Å². The lowest BCUT2D eigenvalue weighted by molar-refractivity contribution is -0.200. The van der Waals surface area contributed by atoms with Crippen LogP contribution in [0.4, 0.5) is 0 Å². The van der Waals surface area contributed by atoms with Crippen molar-refractivity contribution in [2.45, 2.75) is 12.7 Å². The molecule has 0 saturated heterocycles. The molecule has 0 unspecified atom stereocenters. The van der Waals surface area contributed by atoms with E-state index >= 15 is 0 Å². The highest BCUT2D eigenvalue weighted by atomic mass is 16.7. The number of carboxylic acid groups (broad SMARTS) is 1. The van der Waals surface area contributed by atoms with Gasteiger partial charge in [-0.15, -0.1) is 0 Å². The van der Waals surface area contributed by atoms with Crippen molar-refractivity contribution in [3.63, 3.8) is 0 Å². The summed E-state index contributed by atoms with van der Waals surface area (Å²) in [4.78, 5) is 15.3. The van der Waals surface area contributed by atoms with E-state index in [4.69, 9.17) is 21.4 Å². The maximum absolute atomic E-state index is 10.5. The van der Waals surface area contributed by atoms with Crippen LogP contribution in [-0.4, -0.2) is 28.5 Å². The van der Waals surface area contributed by atoms with Crippen LogP contribution in [0.3, 0.4) is 0 Å². The van der Waals surface area contributed by atoms with Gasteiger partial charge in [0, 0.05) is 6.20 Å². The molecule has 0 heterocycles. The molecule has 0 aliphatic heterocycles. The molecular formula is C6H13N3O3. The standard InChI is InChI=1S/C6H13N3O3/c1-3-9(12-4-2)6(7,8)5(10)11/h3H,1,4,7-8H2,2H3,(H,10,11). The van der Waals surface area contributed by atoms with Crippen LogP contribution in [0.25, 0.3) is 0 Å². The Kier molecular flexibility index (Phi) is 3.68. The maximum atomic E-state index is 10.5. The van der Waals surface area contributed by atoms with Crippen LogP contribution in [0.15, 0.2) is 12.8 Å². The average Bonchev–Trinajstić information content (AvgIpc) is 1.99. The first-order valence-corrected chi connectivity index (χ1v) is 3.32. The fourth-order valence-corrected chi connectivity index (χ4v) is 0.544. The third kappa shape index (κ3) is 2.19. The minimum absolute atomic E-state index is 0.259. The molecule has 0 rings (SSSR count). The first-order valence-electron chi connectivity index (χ1n) is 3.32. The second-order valence-electron chi connectivity index (χ2n) is 2.06. The average molecular weight is 175 g/mol. The Morgan fingerprint density at radius 1 is 1.83 bits per heavy atom. The Morgan fingerprint density at radius 3 is 2.58 bits per heavy atom. The quantitative estimate of drug-likeness (QED) is 0.367. The van der Waals surface area contributed by atoms with Gasteiger partial charge in [-0.05, 0) is 6.92 Å². The second kappa shape index (κ2) is 4.05. The Bertz CT molecular complexity index is 181. The Hall–Kier alpha value is -1.11. The number of hydrogen-bond acceptors (Lipinski definition) is 5. The van der Waals surface area contributed by atoms with Crippen LogP contribution in [0.1, 0.15) is 6.92 Å². The second-order valence-corrected chi connectivity index (χ2v) is 2.06. The number of nitrogens with two attached hydrogens (primary N) is 2. The fraction of sp³-hybridized carbons (Fsp3) is 0.500. The predicted molar refractivity (Wildman–Crippen MR) is 42.4 cm³/mol. The molecule has 0 aliphatic carbocycles. The molecule has 0 radical (unpaired) electrons. The Labute approximate surface area is 70.3 Å². The van der Waals surface area contributed by atoms with Gasteiger partial charge in [0.25, 0.3) is 5.79 Å². The van der Waals surface area contributed by atoms with Gasteiger partial charge in [0.2, 0.25) is 0 Å². The van der Waals surface area contributed by atoms with Gasteiger partial charge in [-0.3, -0.25) is 16.3 Å². The number of hydroxylamine groups is 2. The van der Waals surface area contributed by atoms with Gasteiger partial charge < -0.3 is 5.11 Å². The summed E-state index contributed by atoms with van der Waals surface area (Å²) in [6.45, 7) is 5.24. The third-order valence-corrected chi connectivity index (χ3v) is 1.14. The molecule has 0 aromatic rings. The van der Waals surface area contributed by atoms with E-state index < -0.39 is 11.8 Å². The largest absolute Gasteiger partial charge is 0.477 e. The van der Waals surface area contributed by atoms with Crippen molar-refractivity contribution in [3.05, 3.63) is 12.8 Å². The lowest BCUT2D eigenvalue weighted by Gasteiger charge is -2.30. The van der Waals surface area contributed by atoms with Crippen LogP contribution >= 0.6 is 0 Å². The molecule has 0 aromatic carbocycles. The number of hydrogen-bond donors (Lipinski definition) is 3. The van der Waals surface area contributed by atoms with Gasteiger partial charge in [-0.1, -0.05) is 6.58 Å². The van der Waals surface area contributed by atoms with E-state index in [1.807, 2.05) is 0 Å². The molecule has 6 nitrogen and oxygen atoms in total. The van der Waals surface area contributed by atoms with Crippen LogP contribution in [-0.2, 0) is 9.63 Å². The van der Waals surface area contributed by atoms with E-state index in [2.05, 4.69) is 6.58 Å². The van der Waals surface area contributed by atoms with Crippen LogP contribution in [0, 0.1) is 0 Å². The molecule has 0 atom stereocenters. The molecule has 0 aliphatic rings. The van der Waals surface area contributed by atoms with Crippen molar-refractivity contribution in [3.8, 4) is 0 Å². The van der Waals surface area contributed by atoms with Gasteiger partial charge in [0.15, 0.2) is 0 Å². The van der Waals surface area contributed by atoms with E-state index in [0.29, 0.717) is 0 Å². The van der Waals surface area contributed by atoms with Crippen molar-refractivity contribution in [2.75, 3.05) is 6.61 Å². The van der Waals surface area contributed by atoms with Crippen LogP contribution in [0.2, 0.25) is 0 Å². The normalized spacial score (nSPS) is 10.9. The highest BCUT2D eigenvalue weighted by Gasteiger charge is 2.35. The number of rotatable bonds is 5. The molecular weight excluding hydrogens is 162 g/mol. The Balaban J connectivity index is 4.46. The first-order chi connectivity index (χ1) is 5.46. The van der Waals surface area contributed by atoms with Crippen LogP contribution < -0.4 is 11.5 Å². The van der Waals surface area contributed by atoms with Gasteiger partial charge in [-0.2, -0.15) is 0 Å². The molecule has 0 saturated carbocycles. The number of carboxylic acids is 1. The van der Waals surface area contributed by atoms with Crippen molar-refractivity contribution in [2.24, 2.45) is 11.5 Å². The summed E-state index contributed by atoms with van der Waals surface area (Å²) in [7, 11) is 0. The molecule has 0 bridgehead atoms. The molecule has 0 aromatic heterocycles. The SMILES string of the molecule is C=CN(OCC)C(N)(N)C(=O)O. The molecule has 6 heteroatoms. The lowest BCUT2D eigenvalue weighted by Crippen LogP contribution is -2.66. The lowest BCUT2D eigenvalue weighted by atomic mass is 10.4. The summed E-state index contributed by atoms with van der Waals surface area (Å²) in [5, 5.41) is 9.34. The predicted octanol–water partition coefficient (Wildman–Crippen LogP) is -0.961. The van der Waals surface area contributed by atoms with Crippen molar-refractivity contribution >= 4 is 5.97 Å². The highest BCUT2D eigenvalue weighted by Crippen LogP contribution is 2.03. The maximum Gasteiger partial charge on any atom is 0.362 e. The molecule has 0 spiro atoms. The fourth-order valence-electron chi connectivity index (χ4n) is 0.544. The zero-order valence-electron chi connectivity index (χ0n) is 6.86. The third-order valence-electron chi connectivity index (χ3n) is 1.14. The van der Waals surface area contributed by atoms with Crippen molar-refractivity contribution in [1.82, 2.24) is 5.06 Å². The number of aliphatic carboxylic acids is 1. The Morgan fingerprint density at radius 2 is 2.33 bits per heavy atom. The molecule has 70 valence electrons. The number of carbonyl (C=O) groups is 1. The van der Waals surface area contributed by atoms with Gasteiger partial charge in [0.05, 0.1) is 6.61 Å². The molecule has 5 N–H and O–H groups in total. The summed E-state index contributed by atoms with van der Waals surface area (Å²) in [6, 6.07) is 0. The van der Waals surface area contributed by atoms with Crippen LogP contribution in [0.5, 0.6) is 0 Å². The molecule has 0 fully saturated rings. The zero-order chi connectivity index (χ0) is 9.78. The minimum atomic E-state index is -2.07. The van der Waals surface area contributed by atoms with E-state index in [0.717, 1.165) is 11.3 Å². The van der Waals surface area contributed by atoms with E-state index in [-0.39, 0.29) is 6.61 Å². The smallest absolute Gasteiger partial charge is 0.362 e. The number of nitrogens with zero attached hydrogens (tertiary/aromatic N) is 1. The van der Waals surface area contributed by atoms with E-state index in [1.165, 1.54) is 0 Å². The molecule has 0 amide bonds. The summed E-state index contributed by atoms with van der Waals surface area (Å²) >= 11 is 0. The highest BCUT2D eigenvalue weighted by molar-refractivity contribution is 5.76. The first kappa shape index (κ1) is 10.9. The van der Waals surface area contributed by atoms with E-state index in [1.54, 1.807) is 6.92 Å². The topological polar surface area (TPSA) is 102 Å². The minimum Gasteiger partial charge on any atom is -0.477 e. The summed E-state index contributed by atoms with van der Waals surface area (Å²) in [5.74, 6) is -3.46. The summed E-state index contributed by atoms with van der Waals surface area (Å²) in [5.41, 5.74) is 10.4. The summed E-state index contributed by atoms with van der Waals surface area (Å²) in [6.07, 6.45) is 1.11. The van der Waals surface area contributed by atoms with Crippen molar-refractivity contribution in [1.29, 1.82) is 0 Å². The zero-order valence-corrected chi connectivity index (χ0v) is 6.86. The monoisotopic (exact) mass is 175 g/mol. The summed E-state index contributed by atoms with van der Waals surface area (Å²) < 4.78 is 0. The van der Waals surface area contributed by atoms with Crippen molar-refractivity contribution < 1.29 is 14.7 Å². The molecule has 12 heavy (non-hydrogen) atoms. The van der Waals surface area contributed by atoms with Gasteiger partial charge in [0.1, 0.15) is 0 Å². The van der Waals surface area contributed by atoms with Gasteiger partial charge >= 0.3 is 5.97 Å².